The van der Waals surface area contributed by atoms with Gasteiger partial charge in [0.25, 0.3) is 0 Å². The molecule has 0 radical (unpaired) electrons. The predicted molar refractivity (Wildman–Crippen MR) is 52.4 cm³/mol. The van der Waals surface area contributed by atoms with Crippen LogP contribution in [0.4, 0.5) is 0 Å². The van der Waals surface area contributed by atoms with Gasteiger partial charge in [0.1, 0.15) is 0 Å². The summed E-state index contributed by atoms with van der Waals surface area (Å²) in [5.41, 5.74) is 1.10. The quantitative estimate of drug-likeness (QED) is 0.728. The Morgan fingerprint density at radius 3 is 3.14 bits per heavy atom. The maximum Gasteiger partial charge on any atom is 0.221 e. The number of nitrogens with zero attached hydrogens (tertiary/aromatic N) is 1. The Morgan fingerprint density at radius 2 is 2.50 bits per heavy atom. The fourth-order valence-electron chi connectivity index (χ4n) is 1.12. The summed E-state index contributed by atoms with van der Waals surface area (Å²) >= 11 is 0. The van der Waals surface area contributed by atoms with Crippen LogP contribution in [0.1, 0.15) is 18.5 Å². The molecule has 0 aliphatic heterocycles. The molecule has 1 rings (SSSR count). The minimum absolute atomic E-state index is 0.0573. The van der Waals surface area contributed by atoms with Gasteiger partial charge in [0, 0.05) is 37.7 Å². The van der Waals surface area contributed by atoms with Gasteiger partial charge in [-0.25, -0.2) is 0 Å². The molecule has 1 heterocycles. The highest BCUT2D eigenvalue weighted by molar-refractivity contribution is 5.76. The molecule has 4 nitrogen and oxygen atoms in total. The first-order chi connectivity index (χ1) is 6.83. The summed E-state index contributed by atoms with van der Waals surface area (Å²) < 4.78 is 0. The lowest BCUT2D eigenvalue weighted by Crippen LogP contribution is -2.25. The van der Waals surface area contributed by atoms with E-state index < -0.39 is 0 Å². The van der Waals surface area contributed by atoms with Crippen LogP contribution in [-0.4, -0.2) is 17.4 Å². The van der Waals surface area contributed by atoms with Gasteiger partial charge < -0.3 is 10.3 Å². The maximum absolute atomic E-state index is 11.1. The van der Waals surface area contributed by atoms with Crippen molar-refractivity contribution in [2.75, 3.05) is 6.54 Å². The monoisotopic (exact) mass is 191 g/mol. The average Bonchev–Trinajstić information content (AvgIpc) is 2.67. The molecule has 0 atom stereocenters. The molecule has 0 saturated carbocycles. The Hall–Kier alpha value is -1.76. The maximum atomic E-state index is 11.1. The number of aromatic amines is 1. The molecule has 0 unspecified atom stereocenters. The second-order valence-corrected chi connectivity index (χ2v) is 2.95. The van der Waals surface area contributed by atoms with Gasteiger partial charge in [-0.15, -0.1) is 0 Å². The van der Waals surface area contributed by atoms with Crippen molar-refractivity contribution in [2.45, 2.75) is 19.3 Å². The Morgan fingerprint density at radius 1 is 1.64 bits per heavy atom. The summed E-state index contributed by atoms with van der Waals surface area (Å²) in [7, 11) is 0. The van der Waals surface area contributed by atoms with E-state index in [2.05, 4.69) is 10.3 Å². The zero-order valence-electron chi connectivity index (χ0n) is 7.92. The van der Waals surface area contributed by atoms with Gasteiger partial charge in [-0.1, -0.05) is 0 Å². The Balaban J connectivity index is 2.10. The van der Waals surface area contributed by atoms with Crippen LogP contribution in [0.25, 0.3) is 0 Å². The van der Waals surface area contributed by atoms with Crippen molar-refractivity contribution in [3.8, 4) is 6.07 Å². The molecule has 4 heteroatoms. The van der Waals surface area contributed by atoms with E-state index in [9.17, 15) is 4.79 Å². The first kappa shape index (κ1) is 10.3. The van der Waals surface area contributed by atoms with Gasteiger partial charge in [0.2, 0.25) is 5.91 Å². The van der Waals surface area contributed by atoms with Gasteiger partial charge in [-0.2, -0.15) is 5.26 Å². The van der Waals surface area contributed by atoms with Crippen LogP contribution in [0.2, 0.25) is 0 Å². The minimum atomic E-state index is -0.0573. The number of carbonyl (C=O) groups excluding carboxylic acids is 1. The summed E-state index contributed by atoms with van der Waals surface area (Å²) in [6, 6.07) is 5.83. The number of nitrogens with one attached hydrogen (secondary N) is 2. The molecule has 0 aromatic carbocycles. The van der Waals surface area contributed by atoms with E-state index in [1.165, 1.54) is 0 Å². The van der Waals surface area contributed by atoms with E-state index in [0.29, 0.717) is 13.0 Å². The van der Waals surface area contributed by atoms with Crippen LogP contribution >= 0.6 is 0 Å². The number of H-pyrrole nitrogens is 1. The highest BCUT2D eigenvalue weighted by Crippen LogP contribution is 1.94. The standard InChI is InChI=1S/C10H13N3O/c11-6-1-4-10(14)13-8-5-9-3-2-7-12-9/h2-3,7,12H,1,4-5,8H2,(H,13,14). The average molecular weight is 191 g/mol. The molecule has 0 spiro atoms. The minimum Gasteiger partial charge on any atom is -0.365 e. The first-order valence-corrected chi connectivity index (χ1v) is 4.59. The van der Waals surface area contributed by atoms with Gasteiger partial charge in [-0.05, 0) is 12.1 Å². The third-order valence-electron chi connectivity index (χ3n) is 1.84. The molecule has 1 amide bonds. The molecule has 1 aromatic rings. The van der Waals surface area contributed by atoms with Gasteiger partial charge in [0.05, 0.1) is 6.07 Å². The smallest absolute Gasteiger partial charge is 0.221 e. The topological polar surface area (TPSA) is 68.7 Å². The number of aromatic nitrogens is 1. The van der Waals surface area contributed by atoms with Gasteiger partial charge in [-0.3, -0.25) is 4.79 Å². The van der Waals surface area contributed by atoms with Crippen molar-refractivity contribution in [1.82, 2.24) is 10.3 Å². The number of carbonyl (C=O) groups is 1. The SMILES string of the molecule is N#CCCC(=O)NCCc1ccc[nH]1. The molecule has 1 aromatic heterocycles. The third-order valence-corrected chi connectivity index (χ3v) is 1.84. The fraction of sp³-hybridized carbons (Fsp3) is 0.400. The summed E-state index contributed by atoms with van der Waals surface area (Å²) in [6.45, 7) is 0.616. The molecule has 0 aliphatic carbocycles. The van der Waals surface area contributed by atoms with Crippen LogP contribution in [-0.2, 0) is 11.2 Å². The van der Waals surface area contributed by atoms with E-state index in [1.807, 2.05) is 24.4 Å². The fourth-order valence-corrected chi connectivity index (χ4v) is 1.12. The van der Waals surface area contributed by atoms with Crippen molar-refractivity contribution < 1.29 is 4.79 Å². The second kappa shape index (κ2) is 5.81. The zero-order valence-corrected chi connectivity index (χ0v) is 7.92. The van der Waals surface area contributed by atoms with E-state index >= 15 is 0 Å². The largest absolute Gasteiger partial charge is 0.365 e. The lowest BCUT2D eigenvalue weighted by atomic mass is 10.3. The summed E-state index contributed by atoms with van der Waals surface area (Å²) in [4.78, 5) is 14.1. The van der Waals surface area contributed by atoms with Crippen molar-refractivity contribution >= 4 is 5.91 Å². The molecule has 0 bridgehead atoms. The number of hydrogen-bond acceptors (Lipinski definition) is 2. The van der Waals surface area contributed by atoms with Crippen molar-refractivity contribution in [3.05, 3.63) is 24.0 Å². The van der Waals surface area contributed by atoms with E-state index in [4.69, 9.17) is 5.26 Å². The third kappa shape index (κ3) is 3.76. The Bertz CT molecular complexity index is 311. The van der Waals surface area contributed by atoms with E-state index in [0.717, 1.165) is 12.1 Å². The van der Waals surface area contributed by atoms with Crippen molar-refractivity contribution in [1.29, 1.82) is 5.26 Å². The molecule has 0 fully saturated rings. The van der Waals surface area contributed by atoms with Crippen LogP contribution in [0.5, 0.6) is 0 Å². The van der Waals surface area contributed by atoms with E-state index in [-0.39, 0.29) is 12.3 Å². The summed E-state index contributed by atoms with van der Waals surface area (Å²) in [6.07, 6.45) is 3.23. The molecule has 0 aliphatic rings. The molecule has 0 saturated heterocycles. The highest BCUT2D eigenvalue weighted by Gasteiger charge is 1.99. The summed E-state index contributed by atoms with van der Waals surface area (Å²) in [5, 5.41) is 11.0. The first-order valence-electron chi connectivity index (χ1n) is 4.59. The zero-order chi connectivity index (χ0) is 10.2. The number of rotatable bonds is 5. The Kier molecular flexibility index (Phi) is 4.29. The normalized spacial score (nSPS) is 9.36. The van der Waals surface area contributed by atoms with Crippen LogP contribution in [0.15, 0.2) is 18.3 Å². The van der Waals surface area contributed by atoms with Gasteiger partial charge in [0.15, 0.2) is 0 Å². The molecule has 2 N–H and O–H groups in total. The van der Waals surface area contributed by atoms with Crippen molar-refractivity contribution in [2.24, 2.45) is 0 Å². The van der Waals surface area contributed by atoms with Crippen molar-refractivity contribution in [3.63, 3.8) is 0 Å². The number of nitriles is 1. The Labute approximate surface area is 82.9 Å². The van der Waals surface area contributed by atoms with Crippen LogP contribution < -0.4 is 5.32 Å². The highest BCUT2D eigenvalue weighted by atomic mass is 16.1. The lowest BCUT2D eigenvalue weighted by Gasteiger charge is -2.01. The second-order valence-electron chi connectivity index (χ2n) is 2.95. The molecule has 74 valence electrons. The summed E-state index contributed by atoms with van der Waals surface area (Å²) in [5.74, 6) is -0.0573. The number of amides is 1. The molecular weight excluding hydrogens is 178 g/mol. The lowest BCUT2D eigenvalue weighted by molar-refractivity contribution is -0.120. The van der Waals surface area contributed by atoms with Crippen LogP contribution in [0, 0.1) is 11.3 Å². The van der Waals surface area contributed by atoms with Gasteiger partial charge >= 0.3 is 0 Å². The van der Waals surface area contributed by atoms with E-state index in [1.54, 1.807) is 0 Å². The number of hydrogen-bond donors (Lipinski definition) is 2. The predicted octanol–water partition coefficient (Wildman–Crippen LogP) is 0.977. The molecular formula is C10H13N3O. The molecule has 14 heavy (non-hydrogen) atoms. The van der Waals surface area contributed by atoms with Crippen LogP contribution in [0.3, 0.4) is 0 Å².